The monoisotopic (exact) mass is 283 g/mol. The van der Waals surface area contributed by atoms with Crippen molar-refractivity contribution in [2.24, 2.45) is 0 Å². The van der Waals surface area contributed by atoms with Crippen LogP contribution >= 0.6 is 15.9 Å². The number of benzene rings is 1. The number of halogens is 2. The fraction of sp³-hybridized carbons (Fsp3) is 0.100. The molecule has 1 aromatic carbocycles. The van der Waals surface area contributed by atoms with E-state index in [1.54, 1.807) is 6.07 Å². The van der Waals surface area contributed by atoms with Crippen molar-refractivity contribution >= 4 is 21.7 Å². The second kappa shape index (κ2) is 4.52. The molecule has 0 atom stereocenters. The van der Waals surface area contributed by atoms with Gasteiger partial charge in [0.05, 0.1) is 0 Å². The van der Waals surface area contributed by atoms with Crippen LogP contribution < -0.4 is 0 Å². The SMILES string of the molecule is O=C(Cc1cc(F)cc(Br)c1)c1ncn[nH]1. The molecule has 4 nitrogen and oxygen atoms in total. The number of H-pyrrole nitrogens is 1. The van der Waals surface area contributed by atoms with Crippen LogP contribution in [0.2, 0.25) is 0 Å². The third-order valence-corrected chi connectivity index (χ3v) is 2.42. The molecule has 0 bridgehead atoms. The number of aromatic nitrogens is 3. The minimum atomic E-state index is -0.380. The Hall–Kier alpha value is -1.56. The van der Waals surface area contributed by atoms with Gasteiger partial charge in [-0.15, -0.1) is 0 Å². The summed E-state index contributed by atoms with van der Waals surface area (Å²) in [5.41, 5.74) is 0.591. The van der Waals surface area contributed by atoms with Crippen LogP contribution in [0.25, 0.3) is 0 Å². The molecule has 2 aromatic rings. The lowest BCUT2D eigenvalue weighted by molar-refractivity contribution is 0.0983. The van der Waals surface area contributed by atoms with E-state index in [1.807, 2.05) is 0 Å². The number of Topliss-reactive ketones (excluding diaryl/α,β-unsaturated/α-hetero) is 1. The maximum absolute atomic E-state index is 13.0. The second-order valence-corrected chi connectivity index (χ2v) is 4.13. The lowest BCUT2D eigenvalue weighted by Crippen LogP contribution is -2.06. The molecule has 16 heavy (non-hydrogen) atoms. The second-order valence-electron chi connectivity index (χ2n) is 3.21. The number of aromatic amines is 1. The first kappa shape index (κ1) is 10.9. The van der Waals surface area contributed by atoms with Gasteiger partial charge in [0, 0.05) is 10.9 Å². The van der Waals surface area contributed by atoms with Crippen LogP contribution in [0.15, 0.2) is 29.0 Å². The predicted molar refractivity (Wildman–Crippen MR) is 58.5 cm³/mol. The molecule has 0 aliphatic carbocycles. The molecule has 0 amide bonds. The summed E-state index contributed by atoms with van der Waals surface area (Å²) >= 11 is 3.16. The lowest BCUT2D eigenvalue weighted by Gasteiger charge is -2.00. The molecule has 0 aliphatic heterocycles. The predicted octanol–water partition coefficient (Wildman–Crippen LogP) is 2.13. The molecule has 1 N–H and O–H groups in total. The average molecular weight is 284 g/mol. The van der Waals surface area contributed by atoms with Gasteiger partial charge in [0.15, 0.2) is 5.82 Å². The molecular formula is C10H7BrFN3O. The Kier molecular flexibility index (Phi) is 3.09. The van der Waals surface area contributed by atoms with Crippen LogP contribution in [0, 0.1) is 5.82 Å². The zero-order valence-electron chi connectivity index (χ0n) is 8.08. The fourth-order valence-electron chi connectivity index (χ4n) is 1.32. The van der Waals surface area contributed by atoms with Crippen molar-refractivity contribution in [1.82, 2.24) is 15.2 Å². The van der Waals surface area contributed by atoms with E-state index < -0.39 is 0 Å². The summed E-state index contributed by atoms with van der Waals surface area (Å²) in [6, 6.07) is 4.35. The van der Waals surface area contributed by atoms with Gasteiger partial charge in [-0.1, -0.05) is 15.9 Å². The number of hydrogen-bond donors (Lipinski definition) is 1. The Labute approximate surface area is 99.0 Å². The Morgan fingerprint density at radius 1 is 1.44 bits per heavy atom. The molecular weight excluding hydrogens is 277 g/mol. The molecule has 0 spiro atoms. The summed E-state index contributed by atoms with van der Waals surface area (Å²) in [6.07, 6.45) is 1.35. The molecule has 0 fully saturated rings. The topological polar surface area (TPSA) is 58.6 Å². The quantitative estimate of drug-likeness (QED) is 0.878. The highest BCUT2D eigenvalue weighted by Gasteiger charge is 2.10. The zero-order valence-corrected chi connectivity index (χ0v) is 9.66. The molecule has 6 heteroatoms. The Morgan fingerprint density at radius 2 is 2.25 bits per heavy atom. The number of carbonyl (C=O) groups excluding carboxylic acids is 1. The number of nitrogens with one attached hydrogen (secondary N) is 1. The van der Waals surface area contributed by atoms with Crippen molar-refractivity contribution in [2.45, 2.75) is 6.42 Å². The van der Waals surface area contributed by atoms with E-state index in [4.69, 9.17) is 0 Å². The Bertz CT molecular complexity index is 493. The molecule has 1 aromatic heterocycles. The van der Waals surface area contributed by atoms with Crippen molar-refractivity contribution in [3.63, 3.8) is 0 Å². The van der Waals surface area contributed by atoms with Crippen molar-refractivity contribution in [3.05, 3.63) is 46.2 Å². The number of carbonyl (C=O) groups is 1. The van der Waals surface area contributed by atoms with Crippen LogP contribution in [-0.2, 0) is 6.42 Å². The minimum Gasteiger partial charge on any atom is -0.290 e. The maximum atomic E-state index is 13.0. The van der Waals surface area contributed by atoms with E-state index >= 15 is 0 Å². The summed E-state index contributed by atoms with van der Waals surface area (Å²) in [4.78, 5) is 15.4. The van der Waals surface area contributed by atoms with E-state index in [0.29, 0.717) is 10.0 Å². The van der Waals surface area contributed by atoms with Gasteiger partial charge in [0.25, 0.3) is 0 Å². The molecule has 0 unspecified atom stereocenters. The van der Waals surface area contributed by atoms with Crippen LogP contribution in [0.5, 0.6) is 0 Å². The molecule has 1 heterocycles. The average Bonchev–Trinajstić information content (AvgIpc) is 2.68. The van der Waals surface area contributed by atoms with Crippen LogP contribution in [0.4, 0.5) is 4.39 Å². The van der Waals surface area contributed by atoms with Crippen LogP contribution in [0.1, 0.15) is 16.2 Å². The van der Waals surface area contributed by atoms with Gasteiger partial charge in [0.1, 0.15) is 12.1 Å². The van der Waals surface area contributed by atoms with Gasteiger partial charge in [0.2, 0.25) is 5.78 Å². The Morgan fingerprint density at radius 3 is 2.88 bits per heavy atom. The maximum Gasteiger partial charge on any atom is 0.203 e. The van der Waals surface area contributed by atoms with Gasteiger partial charge in [-0.05, 0) is 23.8 Å². The third-order valence-electron chi connectivity index (χ3n) is 1.97. The van der Waals surface area contributed by atoms with Gasteiger partial charge in [-0.2, -0.15) is 5.10 Å². The largest absolute Gasteiger partial charge is 0.290 e. The van der Waals surface area contributed by atoms with Gasteiger partial charge >= 0.3 is 0 Å². The Balaban J connectivity index is 2.18. The first-order valence-corrected chi connectivity index (χ1v) is 5.28. The van der Waals surface area contributed by atoms with Crippen molar-refractivity contribution in [2.75, 3.05) is 0 Å². The van der Waals surface area contributed by atoms with Crippen molar-refractivity contribution in [3.8, 4) is 0 Å². The molecule has 2 rings (SSSR count). The lowest BCUT2D eigenvalue weighted by atomic mass is 10.1. The van der Waals surface area contributed by atoms with E-state index in [2.05, 4.69) is 31.1 Å². The highest BCUT2D eigenvalue weighted by Crippen LogP contribution is 2.16. The van der Waals surface area contributed by atoms with E-state index in [9.17, 15) is 9.18 Å². The highest BCUT2D eigenvalue weighted by molar-refractivity contribution is 9.10. The number of rotatable bonds is 3. The third kappa shape index (κ3) is 2.52. The van der Waals surface area contributed by atoms with Crippen molar-refractivity contribution < 1.29 is 9.18 Å². The summed E-state index contributed by atoms with van der Waals surface area (Å²) in [6.45, 7) is 0. The number of hydrogen-bond acceptors (Lipinski definition) is 3. The zero-order chi connectivity index (χ0) is 11.5. The van der Waals surface area contributed by atoms with Crippen molar-refractivity contribution in [1.29, 1.82) is 0 Å². The summed E-state index contributed by atoms with van der Waals surface area (Å²) < 4.78 is 13.6. The summed E-state index contributed by atoms with van der Waals surface area (Å²) in [5, 5.41) is 6.05. The molecule has 82 valence electrons. The van der Waals surface area contributed by atoms with Crippen LogP contribution in [-0.4, -0.2) is 21.0 Å². The smallest absolute Gasteiger partial charge is 0.203 e. The fourth-order valence-corrected chi connectivity index (χ4v) is 1.83. The molecule has 0 saturated heterocycles. The van der Waals surface area contributed by atoms with Crippen LogP contribution in [0.3, 0.4) is 0 Å². The first-order chi connectivity index (χ1) is 7.65. The summed E-state index contributed by atoms with van der Waals surface area (Å²) in [5.74, 6) is -0.426. The first-order valence-electron chi connectivity index (χ1n) is 4.48. The number of ketones is 1. The summed E-state index contributed by atoms with van der Waals surface area (Å²) in [7, 11) is 0. The van der Waals surface area contributed by atoms with E-state index in [0.717, 1.165) is 0 Å². The van der Waals surface area contributed by atoms with Gasteiger partial charge in [-0.3, -0.25) is 9.89 Å². The highest BCUT2D eigenvalue weighted by atomic mass is 79.9. The molecule has 0 aliphatic rings. The van der Waals surface area contributed by atoms with Gasteiger partial charge in [-0.25, -0.2) is 9.37 Å². The standard InChI is InChI=1S/C10H7BrFN3O/c11-7-1-6(2-8(12)4-7)3-9(16)10-13-5-14-15-10/h1-2,4-5H,3H2,(H,13,14,15). The normalized spacial score (nSPS) is 10.4. The van der Waals surface area contributed by atoms with E-state index in [1.165, 1.54) is 18.5 Å². The molecule has 0 radical (unpaired) electrons. The number of nitrogens with zero attached hydrogens (tertiary/aromatic N) is 2. The molecule has 0 saturated carbocycles. The van der Waals surface area contributed by atoms with E-state index in [-0.39, 0.29) is 23.8 Å². The minimum absolute atomic E-state index is 0.0888. The van der Waals surface area contributed by atoms with Gasteiger partial charge < -0.3 is 0 Å².